The lowest BCUT2D eigenvalue weighted by atomic mass is 10.1. The van der Waals surface area contributed by atoms with Gasteiger partial charge in [-0.1, -0.05) is 19.1 Å². The smallest absolute Gasteiger partial charge is 0.303 e. The highest BCUT2D eigenvalue weighted by atomic mass is 32.2. The van der Waals surface area contributed by atoms with E-state index in [9.17, 15) is 13.2 Å². The van der Waals surface area contributed by atoms with E-state index in [-0.39, 0.29) is 30.2 Å². The summed E-state index contributed by atoms with van der Waals surface area (Å²) >= 11 is 0. The van der Waals surface area contributed by atoms with E-state index in [1.807, 2.05) is 6.07 Å². The third kappa shape index (κ3) is 5.94. The molecule has 1 atom stereocenters. The van der Waals surface area contributed by atoms with Gasteiger partial charge in [0.05, 0.1) is 17.4 Å². The summed E-state index contributed by atoms with van der Waals surface area (Å²) < 4.78 is 26.6. The number of carboxylic acids is 1. The van der Waals surface area contributed by atoms with Crippen LogP contribution in [0, 0.1) is 17.2 Å². The summed E-state index contributed by atoms with van der Waals surface area (Å²) in [5.41, 5.74) is 0.756. The van der Waals surface area contributed by atoms with Crippen molar-refractivity contribution in [3.8, 4) is 6.07 Å². The van der Waals surface area contributed by atoms with E-state index in [2.05, 4.69) is 4.72 Å². The Morgan fingerprint density at radius 3 is 2.52 bits per heavy atom. The Balaban J connectivity index is 2.61. The minimum atomic E-state index is -3.61. The molecule has 0 aliphatic heterocycles. The van der Waals surface area contributed by atoms with Gasteiger partial charge >= 0.3 is 5.97 Å². The van der Waals surface area contributed by atoms with Gasteiger partial charge in [0.1, 0.15) is 0 Å². The third-order valence-electron chi connectivity index (χ3n) is 2.99. The first-order valence-electron chi connectivity index (χ1n) is 6.52. The summed E-state index contributed by atoms with van der Waals surface area (Å²) in [6, 6.07) is 8.11. The second kappa shape index (κ2) is 7.76. The lowest BCUT2D eigenvalue weighted by Crippen LogP contribution is -2.28. The van der Waals surface area contributed by atoms with Crippen molar-refractivity contribution in [1.29, 1.82) is 5.26 Å². The van der Waals surface area contributed by atoms with Crippen LogP contribution < -0.4 is 4.72 Å². The lowest BCUT2D eigenvalue weighted by molar-refractivity contribution is -0.137. The molecule has 0 fully saturated rings. The number of nitrogens with zero attached hydrogens (tertiary/aromatic N) is 1. The van der Waals surface area contributed by atoms with E-state index >= 15 is 0 Å². The van der Waals surface area contributed by atoms with Gasteiger partial charge in [0, 0.05) is 13.0 Å². The van der Waals surface area contributed by atoms with Crippen molar-refractivity contribution in [3.05, 3.63) is 29.8 Å². The maximum absolute atomic E-state index is 12.1. The molecule has 0 bridgehead atoms. The standard InChI is InChI=1S/C14H18N2O4S/c1-11(2-7-14(17)18)10-16-21(19,20)13-5-3-12(4-6-13)8-9-15/h3-6,11,16H,2,7-8,10H2,1H3,(H,17,18). The zero-order chi connectivity index (χ0) is 15.9. The van der Waals surface area contributed by atoms with Gasteiger partial charge in [-0.3, -0.25) is 4.79 Å². The SMILES string of the molecule is CC(CCC(=O)O)CNS(=O)(=O)c1ccc(CC#N)cc1. The van der Waals surface area contributed by atoms with Crippen molar-refractivity contribution in [1.82, 2.24) is 4.72 Å². The fraction of sp³-hybridized carbons (Fsp3) is 0.429. The molecule has 6 nitrogen and oxygen atoms in total. The van der Waals surface area contributed by atoms with Crippen LogP contribution >= 0.6 is 0 Å². The number of rotatable bonds is 8. The molecule has 21 heavy (non-hydrogen) atoms. The van der Waals surface area contributed by atoms with Gasteiger partial charge in [0.25, 0.3) is 0 Å². The number of hydrogen-bond acceptors (Lipinski definition) is 4. The summed E-state index contributed by atoms with van der Waals surface area (Å²) in [6.07, 6.45) is 0.671. The molecule has 0 aliphatic rings. The van der Waals surface area contributed by atoms with Gasteiger partial charge in [0.15, 0.2) is 0 Å². The number of carbonyl (C=O) groups is 1. The number of aliphatic carboxylic acids is 1. The first-order valence-corrected chi connectivity index (χ1v) is 8.01. The Labute approximate surface area is 124 Å². The highest BCUT2D eigenvalue weighted by Gasteiger charge is 2.15. The minimum Gasteiger partial charge on any atom is -0.481 e. The van der Waals surface area contributed by atoms with E-state index in [1.165, 1.54) is 12.1 Å². The molecule has 1 aromatic carbocycles. The molecule has 0 radical (unpaired) electrons. The fourth-order valence-corrected chi connectivity index (χ4v) is 2.85. The second-order valence-corrected chi connectivity index (χ2v) is 6.64. The Morgan fingerprint density at radius 1 is 1.38 bits per heavy atom. The molecule has 0 spiro atoms. The van der Waals surface area contributed by atoms with Gasteiger partial charge in [-0.25, -0.2) is 13.1 Å². The maximum atomic E-state index is 12.1. The minimum absolute atomic E-state index is 0.0196. The number of nitriles is 1. The van der Waals surface area contributed by atoms with E-state index in [4.69, 9.17) is 10.4 Å². The second-order valence-electron chi connectivity index (χ2n) is 4.87. The van der Waals surface area contributed by atoms with Crippen molar-refractivity contribution in [3.63, 3.8) is 0 Å². The summed E-state index contributed by atoms with van der Waals surface area (Å²) in [5.74, 6) is -0.952. The summed E-state index contributed by atoms with van der Waals surface area (Å²) in [4.78, 5) is 10.6. The fourth-order valence-electron chi connectivity index (χ4n) is 1.68. The topological polar surface area (TPSA) is 107 Å². The molecular weight excluding hydrogens is 292 g/mol. The van der Waals surface area contributed by atoms with Crippen molar-refractivity contribution in [2.45, 2.75) is 31.1 Å². The average molecular weight is 310 g/mol. The molecule has 0 saturated carbocycles. The Kier molecular flexibility index (Phi) is 6.34. The van der Waals surface area contributed by atoms with Crippen LogP contribution in [0.15, 0.2) is 29.2 Å². The highest BCUT2D eigenvalue weighted by molar-refractivity contribution is 7.89. The molecule has 0 heterocycles. The molecule has 0 amide bonds. The third-order valence-corrected chi connectivity index (χ3v) is 4.43. The van der Waals surface area contributed by atoms with Gasteiger partial charge in [-0.15, -0.1) is 0 Å². The zero-order valence-corrected chi connectivity index (χ0v) is 12.6. The van der Waals surface area contributed by atoms with Crippen LogP contribution in [-0.2, 0) is 21.2 Å². The van der Waals surface area contributed by atoms with E-state index in [0.29, 0.717) is 6.42 Å². The van der Waals surface area contributed by atoms with Crippen molar-refractivity contribution >= 4 is 16.0 Å². The number of benzene rings is 1. The number of nitrogens with one attached hydrogen (secondary N) is 1. The largest absolute Gasteiger partial charge is 0.481 e. The van der Waals surface area contributed by atoms with E-state index in [0.717, 1.165) is 5.56 Å². The van der Waals surface area contributed by atoms with Crippen LogP contribution in [0.4, 0.5) is 0 Å². The summed E-state index contributed by atoms with van der Waals surface area (Å²) in [5, 5.41) is 17.1. The molecule has 0 aliphatic carbocycles. The molecule has 0 aromatic heterocycles. The number of hydrogen-bond donors (Lipinski definition) is 2. The van der Waals surface area contributed by atoms with Gasteiger partial charge in [0.2, 0.25) is 10.0 Å². The lowest BCUT2D eigenvalue weighted by Gasteiger charge is -2.12. The first-order chi connectivity index (χ1) is 9.85. The van der Waals surface area contributed by atoms with Crippen LogP contribution in [0.2, 0.25) is 0 Å². The van der Waals surface area contributed by atoms with Crippen LogP contribution in [0.3, 0.4) is 0 Å². The molecule has 7 heteroatoms. The van der Waals surface area contributed by atoms with E-state index in [1.54, 1.807) is 19.1 Å². The van der Waals surface area contributed by atoms with Crippen molar-refractivity contribution < 1.29 is 18.3 Å². The quantitative estimate of drug-likeness (QED) is 0.757. The molecular formula is C14H18N2O4S. The van der Waals surface area contributed by atoms with Crippen LogP contribution in [-0.4, -0.2) is 26.0 Å². The summed E-state index contributed by atoms with van der Waals surface area (Å²) in [7, 11) is -3.61. The highest BCUT2D eigenvalue weighted by Crippen LogP contribution is 2.12. The van der Waals surface area contributed by atoms with Gasteiger partial charge in [-0.2, -0.15) is 5.26 Å². The Hall–Kier alpha value is -1.91. The number of sulfonamides is 1. The molecule has 1 unspecified atom stereocenters. The van der Waals surface area contributed by atoms with Crippen molar-refractivity contribution in [2.75, 3.05) is 6.54 Å². The van der Waals surface area contributed by atoms with Crippen LogP contribution in [0.25, 0.3) is 0 Å². The Morgan fingerprint density at radius 2 is 2.00 bits per heavy atom. The normalized spacial score (nSPS) is 12.6. The maximum Gasteiger partial charge on any atom is 0.303 e. The monoisotopic (exact) mass is 310 g/mol. The molecule has 114 valence electrons. The average Bonchev–Trinajstić information content (AvgIpc) is 2.44. The molecule has 0 saturated heterocycles. The van der Waals surface area contributed by atoms with E-state index < -0.39 is 16.0 Å². The molecule has 2 N–H and O–H groups in total. The van der Waals surface area contributed by atoms with Crippen LogP contribution in [0.5, 0.6) is 0 Å². The first kappa shape index (κ1) is 17.1. The predicted octanol–water partition coefficient (Wildman–Crippen LogP) is 1.53. The van der Waals surface area contributed by atoms with Gasteiger partial charge in [-0.05, 0) is 30.0 Å². The number of carboxylic acid groups (broad SMARTS) is 1. The Bertz CT molecular complexity index is 617. The van der Waals surface area contributed by atoms with Gasteiger partial charge < -0.3 is 5.11 Å². The predicted molar refractivity (Wildman–Crippen MR) is 77.0 cm³/mol. The molecule has 1 aromatic rings. The summed E-state index contributed by atoms with van der Waals surface area (Å²) in [6.45, 7) is 1.98. The zero-order valence-electron chi connectivity index (χ0n) is 11.7. The van der Waals surface area contributed by atoms with Crippen LogP contribution in [0.1, 0.15) is 25.3 Å². The molecule has 1 rings (SSSR count). The van der Waals surface area contributed by atoms with Crippen molar-refractivity contribution in [2.24, 2.45) is 5.92 Å².